The fourth-order valence-corrected chi connectivity index (χ4v) is 1.77. The standard InChI is InChI=1S/C10H10O7S.2Na.2H/c1-16-9(11)6-3-7(10(12)17-2)5-8(4-6)18(13,14)15;;;;/h3-5H,1-2H3,(H,13,14,15);;;;. The van der Waals surface area contributed by atoms with Crippen LogP contribution in [0.2, 0.25) is 0 Å². The van der Waals surface area contributed by atoms with Crippen LogP contribution in [0.1, 0.15) is 20.7 Å². The van der Waals surface area contributed by atoms with Gasteiger partial charge in [0.1, 0.15) is 0 Å². The Labute approximate surface area is 160 Å². The Morgan fingerprint density at radius 2 is 1.30 bits per heavy atom. The van der Waals surface area contributed by atoms with E-state index in [0.717, 1.165) is 32.4 Å². The normalized spacial score (nSPS) is 9.75. The van der Waals surface area contributed by atoms with Gasteiger partial charge in [0, 0.05) is 0 Å². The van der Waals surface area contributed by atoms with Crippen molar-refractivity contribution in [1.29, 1.82) is 0 Å². The third-order valence-electron chi connectivity index (χ3n) is 2.05. The number of carbonyl (C=O) groups is 2. The summed E-state index contributed by atoms with van der Waals surface area (Å²) in [5.41, 5.74) is -0.374. The van der Waals surface area contributed by atoms with Gasteiger partial charge in [-0.15, -0.1) is 0 Å². The van der Waals surface area contributed by atoms with E-state index in [-0.39, 0.29) is 70.2 Å². The molecule has 7 nitrogen and oxygen atoms in total. The topological polar surface area (TPSA) is 107 Å². The molecule has 1 aromatic rings. The minimum absolute atomic E-state index is 0. The monoisotopic (exact) mass is 322 g/mol. The van der Waals surface area contributed by atoms with Crippen molar-refractivity contribution in [1.82, 2.24) is 0 Å². The van der Waals surface area contributed by atoms with Crippen LogP contribution in [0.5, 0.6) is 0 Å². The Balaban J connectivity index is 0. The summed E-state index contributed by atoms with van der Waals surface area (Å²) in [6.45, 7) is 0. The molecular weight excluding hydrogens is 310 g/mol. The molecule has 0 radical (unpaired) electrons. The summed E-state index contributed by atoms with van der Waals surface area (Å²) in [6, 6.07) is 2.90. The third-order valence-corrected chi connectivity index (χ3v) is 2.88. The molecule has 20 heavy (non-hydrogen) atoms. The van der Waals surface area contributed by atoms with Crippen LogP contribution in [0.15, 0.2) is 23.1 Å². The Morgan fingerprint density at radius 1 is 0.950 bits per heavy atom. The summed E-state index contributed by atoms with van der Waals surface area (Å²) in [7, 11) is -2.35. The zero-order valence-corrected chi connectivity index (χ0v) is 10.4. The molecule has 0 aliphatic carbocycles. The van der Waals surface area contributed by atoms with Crippen molar-refractivity contribution in [3.8, 4) is 0 Å². The second-order valence-corrected chi connectivity index (χ2v) is 4.63. The van der Waals surface area contributed by atoms with Crippen LogP contribution in [-0.2, 0) is 19.6 Å². The van der Waals surface area contributed by atoms with E-state index in [1.165, 1.54) is 0 Å². The zero-order chi connectivity index (χ0) is 13.9. The molecule has 10 heteroatoms. The van der Waals surface area contributed by atoms with E-state index >= 15 is 0 Å². The number of carbonyl (C=O) groups excluding carboxylic acids is 2. The first-order valence-corrected chi connectivity index (χ1v) is 6.03. The fourth-order valence-electron chi connectivity index (χ4n) is 1.22. The van der Waals surface area contributed by atoms with E-state index < -0.39 is 27.0 Å². The molecule has 0 heterocycles. The Kier molecular flexibility index (Phi) is 10.2. The summed E-state index contributed by atoms with van der Waals surface area (Å²) in [5.74, 6) is -1.68. The number of methoxy groups -OCH3 is 2. The summed E-state index contributed by atoms with van der Waals surface area (Å²) < 4.78 is 39.7. The number of hydrogen-bond acceptors (Lipinski definition) is 6. The van der Waals surface area contributed by atoms with Crippen LogP contribution in [-0.4, -0.2) is 98.2 Å². The molecule has 0 fully saturated rings. The predicted molar refractivity (Wildman–Crippen MR) is 73.2 cm³/mol. The molecule has 0 aliphatic heterocycles. The number of benzene rings is 1. The number of hydrogen-bond donors (Lipinski definition) is 1. The van der Waals surface area contributed by atoms with Crippen molar-refractivity contribution in [3.63, 3.8) is 0 Å². The Morgan fingerprint density at radius 3 is 1.55 bits per heavy atom. The molecule has 1 rings (SSSR count). The van der Waals surface area contributed by atoms with E-state index in [1.54, 1.807) is 0 Å². The van der Waals surface area contributed by atoms with E-state index in [1.807, 2.05) is 0 Å². The molecule has 0 amide bonds. The quantitative estimate of drug-likeness (QED) is 0.441. The van der Waals surface area contributed by atoms with Crippen LogP contribution < -0.4 is 0 Å². The fraction of sp³-hybridized carbons (Fsp3) is 0.200. The first kappa shape index (κ1) is 22.4. The van der Waals surface area contributed by atoms with Crippen molar-refractivity contribution < 1.29 is 32.0 Å². The van der Waals surface area contributed by atoms with Crippen LogP contribution in [0.25, 0.3) is 0 Å². The Hall–Kier alpha value is 0.0700. The average molecular weight is 322 g/mol. The first-order valence-electron chi connectivity index (χ1n) is 4.59. The van der Waals surface area contributed by atoms with Crippen LogP contribution in [0.3, 0.4) is 0 Å². The summed E-state index contributed by atoms with van der Waals surface area (Å²) in [6.07, 6.45) is 0. The van der Waals surface area contributed by atoms with Gasteiger partial charge in [-0.1, -0.05) is 0 Å². The van der Waals surface area contributed by atoms with Crippen LogP contribution in [0.4, 0.5) is 0 Å². The van der Waals surface area contributed by atoms with Crippen LogP contribution in [0, 0.1) is 0 Å². The Bertz CT molecular complexity index is 563. The van der Waals surface area contributed by atoms with Gasteiger partial charge in [0.2, 0.25) is 0 Å². The van der Waals surface area contributed by atoms with Gasteiger partial charge in [0.15, 0.2) is 0 Å². The second-order valence-electron chi connectivity index (χ2n) is 3.20. The SMILES string of the molecule is COC(=O)c1cc(C(=O)OC)cc(S(=O)(=O)O)c1.[NaH].[NaH]. The molecule has 0 unspecified atom stereocenters. The average Bonchev–Trinajstić information content (AvgIpc) is 2.35. The van der Waals surface area contributed by atoms with E-state index in [0.29, 0.717) is 0 Å². The van der Waals surface area contributed by atoms with Gasteiger partial charge in [-0.25, -0.2) is 9.59 Å². The summed E-state index contributed by atoms with van der Waals surface area (Å²) >= 11 is 0. The van der Waals surface area contributed by atoms with Gasteiger partial charge in [0.05, 0.1) is 30.2 Å². The molecule has 1 aromatic carbocycles. The number of rotatable bonds is 3. The molecule has 0 bridgehead atoms. The van der Waals surface area contributed by atoms with Crippen LogP contribution >= 0.6 is 0 Å². The van der Waals surface area contributed by atoms with Crippen molar-refractivity contribution in [2.75, 3.05) is 14.2 Å². The molecular formula is C10H12Na2O7S. The zero-order valence-electron chi connectivity index (χ0n) is 9.54. The second kappa shape index (κ2) is 9.16. The van der Waals surface area contributed by atoms with E-state index in [4.69, 9.17) is 4.55 Å². The van der Waals surface area contributed by atoms with Gasteiger partial charge in [-0.05, 0) is 18.2 Å². The van der Waals surface area contributed by atoms with Crippen molar-refractivity contribution in [3.05, 3.63) is 29.3 Å². The van der Waals surface area contributed by atoms with Gasteiger partial charge < -0.3 is 9.47 Å². The third kappa shape index (κ3) is 5.82. The van der Waals surface area contributed by atoms with Crippen molar-refractivity contribution in [2.24, 2.45) is 0 Å². The van der Waals surface area contributed by atoms with Gasteiger partial charge >= 0.3 is 71.1 Å². The maximum absolute atomic E-state index is 11.3. The number of ether oxygens (including phenoxy) is 2. The summed E-state index contributed by atoms with van der Waals surface area (Å²) in [4.78, 5) is 22.0. The molecule has 1 N–H and O–H groups in total. The maximum atomic E-state index is 11.3. The van der Waals surface area contributed by atoms with Gasteiger partial charge in [-0.2, -0.15) is 8.42 Å². The van der Waals surface area contributed by atoms with E-state index in [2.05, 4.69) is 9.47 Å². The molecule has 0 saturated heterocycles. The minimum atomic E-state index is -4.55. The predicted octanol–water partition coefficient (Wildman–Crippen LogP) is -0.791. The van der Waals surface area contributed by atoms with Crippen molar-refractivity contribution in [2.45, 2.75) is 4.90 Å². The molecule has 0 atom stereocenters. The van der Waals surface area contributed by atoms with Gasteiger partial charge in [0.25, 0.3) is 10.1 Å². The molecule has 0 aromatic heterocycles. The first-order chi connectivity index (χ1) is 8.29. The molecule has 102 valence electrons. The van der Waals surface area contributed by atoms with E-state index in [9.17, 15) is 18.0 Å². The molecule has 0 aliphatic rings. The van der Waals surface area contributed by atoms with Crippen molar-refractivity contribution >= 4 is 81.2 Å². The molecule has 0 spiro atoms. The molecule has 0 saturated carbocycles. The number of esters is 2. The van der Waals surface area contributed by atoms with Gasteiger partial charge in [-0.3, -0.25) is 4.55 Å². The summed E-state index contributed by atoms with van der Waals surface area (Å²) in [5, 5.41) is 0.